The van der Waals surface area contributed by atoms with E-state index in [1.165, 1.54) is 0 Å². The van der Waals surface area contributed by atoms with E-state index in [2.05, 4.69) is 9.59 Å². The van der Waals surface area contributed by atoms with Gasteiger partial charge in [-0.25, -0.2) is 4.79 Å². The molecule has 1 aromatic rings. The lowest BCUT2D eigenvalue weighted by atomic mass is 9.86. The quantitative estimate of drug-likeness (QED) is 0.822. The van der Waals surface area contributed by atoms with Crippen LogP contribution < -0.4 is 0 Å². The number of carboxylic acid groups (broad SMARTS) is 1. The van der Waals surface area contributed by atoms with Gasteiger partial charge in [-0.2, -0.15) is 0 Å². The van der Waals surface area contributed by atoms with Crippen molar-refractivity contribution in [2.45, 2.75) is 37.4 Å². The summed E-state index contributed by atoms with van der Waals surface area (Å²) in [6.45, 7) is 0. The molecule has 3 rings (SSSR count). The summed E-state index contributed by atoms with van der Waals surface area (Å²) >= 11 is 0.956. The molecule has 1 N–H and O–H groups in total. The lowest BCUT2D eigenvalue weighted by Gasteiger charge is -2.16. The van der Waals surface area contributed by atoms with Gasteiger partial charge in [0.2, 0.25) is 0 Å². The Morgan fingerprint density at radius 1 is 1.53 bits per heavy atom. The molecule has 3 heterocycles. The minimum absolute atomic E-state index is 0.147. The van der Waals surface area contributed by atoms with Gasteiger partial charge in [-0.3, -0.25) is 0 Å². The largest absolute Gasteiger partial charge is 0.477 e. The molecule has 0 amide bonds. The van der Waals surface area contributed by atoms with Crippen molar-refractivity contribution in [1.29, 1.82) is 0 Å². The summed E-state index contributed by atoms with van der Waals surface area (Å²) in [4.78, 5) is 11.2. The van der Waals surface area contributed by atoms with Crippen LogP contribution in [0.15, 0.2) is 0 Å². The molecule has 0 aliphatic carbocycles. The zero-order valence-corrected chi connectivity index (χ0v) is 8.74. The van der Waals surface area contributed by atoms with Crippen LogP contribution in [0.25, 0.3) is 0 Å². The van der Waals surface area contributed by atoms with Crippen molar-refractivity contribution in [1.82, 2.24) is 9.59 Å². The predicted octanol–water partition coefficient (Wildman–Crippen LogP) is 1.27. The van der Waals surface area contributed by atoms with Crippen molar-refractivity contribution in [3.05, 3.63) is 10.6 Å². The predicted molar refractivity (Wildman–Crippen MR) is 52.1 cm³/mol. The highest BCUT2D eigenvalue weighted by molar-refractivity contribution is 7.07. The van der Waals surface area contributed by atoms with Crippen molar-refractivity contribution in [3.8, 4) is 0 Å². The number of fused-ring (bicyclic) bond motifs is 2. The highest BCUT2D eigenvalue weighted by atomic mass is 32.1. The minimum Gasteiger partial charge on any atom is -0.477 e. The average molecular weight is 226 g/mol. The van der Waals surface area contributed by atoms with Crippen molar-refractivity contribution < 1.29 is 14.6 Å². The first-order chi connectivity index (χ1) is 7.25. The molecular weight excluding hydrogens is 216 g/mol. The molecule has 6 heteroatoms. The molecule has 2 saturated heterocycles. The summed E-state index contributed by atoms with van der Waals surface area (Å²) in [6.07, 6.45) is 3.49. The van der Waals surface area contributed by atoms with Crippen molar-refractivity contribution in [2.75, 3.05) is 0 Å². The summed E-state index contributed by atoms with van der Waals surface area (Å²) < 4.78 is 9.41. The molecule has 15 heavy (non-hydrogen) atoms. The van der Waals surface area contributed by atoms with E-state index in [9.17, 15) is 4.79 Å². The van der Waals surface area contributed by atoms with Crippen LogP contribution in [0.1, 0.15) is 40.5 Å². The van der Waals surface area contributed by atoms with Crippen LogP contribution in [-0.4, -0.2) is 32.9 Å². The van der Waals surface area contributed by atoms with E-state index in [4.69, 9.17) is 9.84 Å². The zero-order valence-electron chi connectivity index (χ0n) is 7.92. The van der Waals surface area contributed by atoms with E-state index in [1.54, 1.807) is 0 Å². The molecule has 0 radical (unpaired) electrons. The molecular formula is C9H10N2O3S. The van der Waals surface area contributed by atoms with Gasteiger partial charge in [0, 0.05) is 5.92 Å². The summed E-state index contributed by atoms with van der Waals surface area (Å²) in [5.74, 6) is -0.781. The highest BCUT2D eigenvalue weighted by Crippen LogP contribution is 2.44. The van der Waals surface area contributed by atoms with Gasteiger partial charge >= 0.3 is 5.97 Å². The van der Waals surface area contributed by atoms with Crippen LogP contribution >= 0.6 is 11.5 Å². The normalized spacial score (nSPS) is 33.5. The summed E-state index contributed by atoms with van der Waals surface area (Å²) in [6, 6.07) is 0. The Morgan fingerprint density at radius 2 is 2.40 bits per heavy atom. The standard InChI is InChI=1S/C9H10N2O3S/c12-9(13)8-7(10-11-15-8)5-3-4-1-2-6(5)14-4/h4-6H,1-3H2,(H,12,13). The van der Waals surface area contributed by atoms with Crippen molar-refractivity contribution in [2.24, 2.45) is 0 Å². The molecule has 5 nitrogen and oxygen atoms in total. The summed E-state index contributed by atoms with van der Waals surface area (Å²) in [7, 11) is 0. The number of aromatic nitrogens is 2. The van der Waals surface area contributed by atoms with E-state index in [1.807, 2.05) is 0 Å². The fourth-order valence-corrected chi connectivity index (χ4v) is 3.09. The molecule has 0 aromatic carbocycles. The number of hydrogen-bond acceptors (Lipinski definition) is 5. The maximum absolute atomic E-state index is 10.9. The third-order valence-corrected chi connectivity index (χ3v) is 3.89. The zero-order chi connectivity index (χ0) is 10.4. The molecule has 80 valence electrons. The Hall–Kier alpha value is -1.01. The Balaban J connectivity index is 1.93. The monoisotopic (exact) mass is 226 g/mol. The van der Waals surface area contributed by atoms with E-state index in [-0.39, 0.29) is 16.9 Å². The number of rotatable bonds is 2. The Bertz CT molecular complexity index is 406. The van der Waals surface area contributed by atoms with E-state index in [0.29, 0.717) is 11.8 Å². The van der Waals surface area contributed by atoms with Gasteiger partial charge in [-0.05, 0) is 30.8 Å². The fraction of sp³-hybridized carbons (Fsp3) is 0.667. The molecule has 2 aliphatic rings. The second-order valence-electron chi connectivity index (χ2n) is 4.01. The van der Waals surface area contributed by atoms with Gasteiger partial charge in [-0.1, -0.05) is 4.49 Å². The maximum Gasteiger partial charge on any atom is 0.349 e. The molecule has 0 spiro atoms. The topological polar surface area (TPSA) is 72.3 Å². The average Bonchev–Trinajstić information content (AvgIpc) is 2.92. The van der Waals surface area contributed by atoms with Gasteiger partial charge in [0.05, 0.1) is 17.9 Å². The number of carboxylic acids is 1. The Kier molecular flexibility index (Phi) is 2.00. The fourth-order valence-electron chi connectivity index (χ4n) is 2.51. The van der Waals surface area contributed by atoms with Crippen LogP contribution in [0.5, 0.6) is 0 Å². The number of aromatic carboxylic acids is 1. The van der Waals surface area contributed by atoms with Crippen LogP contribution in [-0.2, 0) is 4.74 Å². The lowest BCUT2D eigenvalue weighted by molar-refractivity contribution is 0.0699. The molecule has 0 saturated carbocycles. The van der Waals surface area contributed by atoms with Crippen LogP contribution in [0.4, 0.5) is 0 Å². The maximum atomic E-state index is 10.9. The molecule has 2 bridgehead atoms. The molecule has 2 aliphatic heterocycles. The Morgan fingerprint density at radius 3 is 3.00 bits per heavy atom. The first kappa shape index (κ1) is 9.23. The number of hydrogen-bond donors (Lipinski definition) is 1. The first-order valence-electron chi connectivity index (χ1n) is 4.96. The summed E-state index contributed by atoms with van der Waals surface area (Å²) in [5, 5.41) is 12.9. The van der Waals surface area contributed by atoms with E-state index in [0.717, 1.165) is 30.8 Å². The number of nitrogens with zero attached hydrogens (tertiary/aromatic N) is 2. The molecule has 1 aromatic heterocycles. The summed E-state index contributed by atoms with van der Waals surface area (Å²) in [5.41, 5.74) is 0.625. The van der Waals surface area contributed by atoms with Gasteiger partial charge in [0.25, 0.3) is 0 Å². The van der Waals surface area contributed by atoms with Crippen LogP contribution in [0.3, 0.4) is 0 Å². The van der Waals surface area contributed by atoms with Gasteiger partial charge < -0.3 is 9.84 Å². The van der Waals surface area contributed by atoms with E-state index >= 15 is 0 Å². The number of ether oxygens (including phenoxy) is 1. The molecule has 3 atom stereocenters. The second kappa shape index (κ2) is 3.24. The van der Waals surface area contributed by atoms with Gasteiger partial charge in [-0.15, -0.1) is 5.10 Å². The molecule has 3 unspecified atom stereocenters. The van der Waals surface area contributed by atoms with E-state index < -0.39 is 5.97 Å². The highest BCUT2D eigenvalue weighted by Gasteiger charge is 2.44. The van der Waals surface area contributed by atoms with Gasteiger partial charge in [0.15, 0.2) is 4.88 Å². The third-order valence-electron chi connectivity index (χ3n) is 3.16. The van der Waals surface area contributed by atoms with Crippen molar-refractivity contribution in [3.63, 3.8) is 0 Å². The smallest absolute Gasteiger partial charge is 0.349 e. The second-order valence-corrected chi connectivity index (χ2v) is 4.76. The van der Waals surface area contributed by atoms with Crippen LogP contribution in [0.2, 0.25) is 0 Å². The first-order valence-corrected chi connectivity index (χ1v) is 5.74. The lowest BCUT2D eigenvalue weighted by Crippen LogP contribution is -2.17. The van der Waals surface area contributed by atoms with Gasteiger partial charge in [0.1, 0.15) is 0 Å². The van der Waals surface area contributed by atoms with Crippen LogP contribution in [0, 0.1) is 0 Å². The third kappa shape index (κ3) is 1.36. The van der Waals surface area contributed by atoms with Crippen molar-refractivity contribution >= 4 is 17.5 Å². The SMILES string of the molecule is O=C(O)c1snnc1C1CC2CCC1O2. The number of carbonyl (C=O) groups is 1. The minimum atomic E-state index is -0.928. The Labute approximate surface area is 90.2 Å². The molecule has 2 fully saturated rings.